The Kier molecular flexibility index (Phi) is 2.23. The predicted octanol–water partition coefficient (Wildman–Crippen LogP) is 0.459. The van der Waals surface area contributed by atoms with E-state index in [4.69, 9.17) is 5.11 Å². The maximum Gasteiger partial charge on any atom is 0.325 e. The van der Waals surface area contributed by atoms with Gasteiger partial charge in [0, 0.05) is 0 Å². The molecule has 1 amide bonds. The third-order valence-corrected chi connectivity index (χ3v) is 2.66. The van der Waals surface area contributed by atoms with Gasteiger partial charge in [-0.15, -0.1) is 0 Å². The molecule has 2 rings (SSSR count). The second-order valence-electron chi connectivity index (χ2n) is 3.68. The molecule has 1 heterocycles. The van der Waals surface area contributed by atoms with Crippen molar-refractivity contribution in [3.05, 3.63) is 0 Å². The number of hydrogen-bond donors (Lipinski definition) is 1. The molecule has 76 valence electrons. The molecule has 0 spiro atoms. The van der Waals surface area contributed by atoms with Gasteiger partial charge in [0.1, 0.15) is 6.54 Å². The van der Waals surface area contributed by atoms with Crippen molar-refractivity contribution in [2.24, 2.45) is 11.0 Å². The van der Waals surface area contributed by atoms with Crippen LogP contribution in [0.2, 0.25) is 0 Å². The van der Waals surface area contributed by atoms with Crippen LogP contribution in [0, 0.1) is 5.92 Å². The largest absolute Gasteiger partial charge is 0.480 e. The molecule has 0 saturated heterocycles. The van der Waals surface area contributed by atoms with Crippen molar-refractivity contribution in [1.29, 1.82) is 0 Å². The van der Waals surface area contributed by atoms with Crippen molar-refractivity contribution in [3.8, 4) is 0 Å². The molecule has 0 radical (unpaired) electrons. The second kappa shape index (κ2) is 3.40. The number of carbonyl (C=O) groups excluding carboxylic acids is 1. The zero-order valence-corrected chi connectivity index (χ0v) is 7.77. The zero-order chi connectivity index (χ0) is 10.1. The highest BCUT2D eigenvalue weighted by atomic mass is 16.4. The molecule has 1 aliphatic heterocycles. The van der Waals surface area contributed by atoms with E-state index in [1.165, 1.54) is 0 Å². The van der Waals surface area contributed by atoms with Crippen LogP contribution in [0.3, 0.4) is 0 Å². The molecule has 1 N–H and O–H groups in total. The summed E-state index contributed by atoms with van der Waals surface area (Å²) in [5.74, 6) is -1.27. The number of hydrazone groups is 1. The molecule has 0 aromatic carbocycles. The Hall–Kier alpha value is -1.39. The minimum absolute atomic E-state index is 0.122. The number of aliphatic carboxylic acids is 1. The molecule has 2 aliphatic rings. The lowest BCUT2D eigenvalue weighted by molar-refractivity contribution is -0.144. The maximum absolute atomic E-state index is 11.6. The lowest BCUT2D eigenvalue weighted by Crippen LogP contribution is -2.32. The highest BCUT2D eigenvalue weighted by Gasteiger charge is 2.37. The van der Waals surface area contributed by atoms with Crippen LogP contribution in [0.4, 0.5) is 0 Å². The normalized spacial score (nSPS) is 26.0. The van der Waals surface area contributed by atoms with Crippen LogP contribution in [0.25, 0.3) is 0 Å². The fraction of sp³-hybridized carbons (Fsp3) is 0.667. The fourth-order valence-electron chi connectivity index (χ4n) is 2.01. The lowest BCUT2D eigenvalue weighted by Gasteiger charge is -2.16. The average Bonchev–Trinajstić information content (AvgIpc) is 2.44. The monoisotopic (exact) mass is 196 g/mol. The van der Waals surface area contributed by atoms with Crippen molar-refractivity contribution in [2.45, 2.75) is 25.7 Å². The smallest absolute Gasteiger partial charge is 0.325 e. The predicted molar refractivity (Wildman–Crippen MR) is 48.7 cm³/mol. The van der Waals surface area contributed by atoms with E-state index in [1.807, 2.05) is 0 Å². The molecule has 5 heteroatoms. The van der Waals surface area contributed by atoms with E-state index in [0.29, 0.717) is 0 Å². The van der Waals surface area contributed by atoms with Crippen LogP contribution in [0.15, 0.2) is 5.10 Å². The zero-order valence-electron chi connectivity index (χ0n) is 7.77. The summed E-state index contributed by atoms with van der Waals surface area (Å²) < 4.78 is 0. The minimum atomic E-state index is -1.01. The molecule has 1 saturated carbocycles. The highest BCUT2D eigenvalue weighted by Crippen LogP contribution is 2.28. The summed E-state index contributed by atoms with van der Waals surface area (Å²) in [5, 5.41) is 13.7. The Balaban J connectivity index is 2.11. The quantitative estimate of drug-likeness (QED) is 0.697. The van der Waals surface area contributed by atoms with Gasteiger partial charge in [-0.2, -0.15) is 5.10 Å². The first-order chi connectivity index (χ1) is 6.68. The first-order valence-corrected chi connectivity index (χ1v) is 4.79. The third kappa shape index (κ3) is 1.49. The molecule has 0 aromatic heterocycles. The number of hydrogen-bond acceptors (Lipinski definition) is 3. The van der Waals surface area contributed by atoms with Gasteiger partial charge in [-0.3, -0.25) is 9.59 Å². The SMILES string of the molecule is O=C(O)CN1N=C2CCCCC2C1=O. The number of carboxylic acids is 1. The number of rotatable bonds is 2. The van der Waals surface area contributed by atoms with Gasteiger partial charge in [0.2, 0.25) is 0 Å². The molecule has 1 aliphatic carbocycles. The van der Waals surface area contributed by atoms with Gasteiger partial charge in [-0.1, -0.05) is 6.42 Å². The van der Waals surface area contributed by atoms with Crippen molar-refractivity contribution < 1.29 is 14.7 Å². The summed E-state index contributed by atoms with van der Waals surface area (Å²) in [6.07, 6.45) is 3.76. The summed E-state index contributed by atoms with van der Waals surface area (Å²) >= 11 is 0. The topological polar surface area (TPSA) is 70.0 Å². The van der Waals surface area contributed by atoms with Crippen LogP contribution < -0.4 is 0 Å². The number of nitrogens with zero attached hydrogens (tertiary/aromatic N) is 2. The second-order valence-corrected chi connectivity index (χ2v) is 3.68. The lowest BCUT2D eigenvalue weighted by atomic mass is 9.87. The van der Waals surface area contributed by atoms with Crippen molar-refractivity contribution in [2.75, 3.05) is 6.54 Å². The fourth-order valence-corrected chi connectivity index (χ4v) is 2.01. The molecular formula is C9H12N2O3. The van der Waals surface area contributed by atoms with Crippen LogP contribution in [-0.2, 0) is 9.59 Å². The van der Waals surface area contributed by atoms with Crippen molar-refractivity contribution in [3.63, 3.8) is 0 Å². The molecule has 14 heavy (non-hydrogen) atoms. The highest BCUT2D eigenvalue weighted by molar-refractivity contribution is 6.08. The average molecular weight is 196 g/mol. The van der Waals surface area contributed by atoms with E-state index < -0.39 is 5.97 Å². The summed E-state index contributed by atoms with van der Waals surface area (Å²) in [6.45, 7) is -0.307. The number of carbonyl (C=O) groups is 2. The maximum atomic E-state index is 11.6. The Bertz CT molecular complexity index is 311. The Morgan fingerprint density at radius 1 is 1.57 bits per heavy atom. The molecular weight excluding hydrogens is 184 g/mol. The number of carboxylic acid groups (broad SMARTS) is 1. The summed E-state index contributed by atoms with van der Waals surface area (Å²) in [4.78, 5) is 22.1. The van der Waals surface area contributed by atoms with Crippen LogP contribution in [0.1, 0.15) is 25.7 Å². The summed E-state index contributed by atoms with van der Waals surface area (Å²) in [6, 6.07) is 0. The first-order valence-electron chi connectivity index (χ1n) is 4.79. The Morgan fingerprint density at radius 3 is 3.00 bits per heavy atom. The van der Waals surface area contributed by atoms with E-state index >= 15 is 0 Å². The van der Waals surface area contributed by atoms with E-state index in [1.54, 1.807) is 0 Å². The van der Waals surface area contributed by atoms with E-state index in [-0.39, 0.29) is 18.4 Å². The summed E-state index contributed by atoms with van der Waals surface area (Å²) in [5.41, 5.74) is 0.877. The van der Waals surface area contributed by atoms with E-state index in [0.717, 1.165) is 36.4 Å². The third-order valence-electron chi connectivity index (χ3n) is 2.66. The molecule has 0 bridgehead atoms. The molecule has 1 fully saturated rings. The van der Waals surface area contributed by atoms with Crippen LogP contribution >= 0.6 is 0 Å². The molecule has 1 atom stereocenters. The van der Waals surface area contributed by atoms with Crippen molar-refractivity contribution in [1.82, 2.24) is 5.01 Å². The van der Waals surface area contributed by atoms with Gasteiger partial charge in [0.25, 0.3) is 5.91 Å². The Morgan fingerprint density at radius 2 is 2.36 bits per heavy atom. The van der Waals surface area contributed by atoms with Gasteiger partial charge in [0.15, 0.2) is 0 Å². The van der Waals surface area contributed by atoms with Crippen LogP contribution in [-0.4, -0.2) is 34.2 Å². The van der Waals surface area contributed by atoms with E-state index in [2.05, 4.69) is 5.10 Å². The van der Waals surface area contributed by atoms with E-state index in [9.17, 15) is 9.59 Å². The standard InChI is InChI=1S/C9H12N2O3/c12-8(13)5-11-9(14)6-3-1-2-4-7(6)10-11/h6H,1-5H2,(H,12,13). The molecule has 1 unspecified atom stereocenters. The number of fused-ring (bicyclic) bond motifs is 1. The van der Waals surface area contributed by atoms with Gasteiger partial charge < -0.3 is 5.11 Å². The van der Waals surface area contributed by atoms with Gasteiger partial charge >= 0.3 is 5.97 Å². The summed E-state index contributed by atoms with van der Waals surface area (Å²) in [7, 11) is 0. The Labute approximate surface area is 81.4 Å². The van der Waals surface area contributed by atoms with Crippen LogP contribution in [0.5, 0.6) is 0 Å². The van der Waals surface area contributed by atoms with Gasteiger partial charge in [-0.25, -0.2) is 5.01 Å². The van der Waals surface area contributed by atoms with Gasteiger partial charge in [0.05, 0.1) is 11.6 Å². The molecule has 5 nitrogen and oxygen atoms in total. The minimum Gasteiger partial charge on any atom is -0.480 e. The first kappa shape index (κ1) is 9.18. The van der Waals surface area contributed by atoms with Crippen molar-refractivity contribution >= 4 is 17.6 Å². The van der Waals surface area contributed by atoms with Gasteiger partial charge in [-0.05, 0) is 19.3 Å². The number of amides is 1. The molecule has 0 aromatic rings.